The Bertz CT molecular complexity index is 1720. The molecule has 0 spiro atoms. The number of benzene rings is 4. The zero-order chi connectivity index (χ0) is 29.3. The van der Waals surface area contributed by atoms with E-state index in [0.717, 1.165) is 27.6 Å². The summed E-state index contributed by atoms with van der Waals surface area (Å²) in [6.07, 6.45) is 1.50. The van der Waals surface area contributed by atoms with Crippen molar-refractivity contribution in [3.05, 3.63) is 124 Å². The van der Waals surface area contributed by atoms with Crippen LogP contribution < -0.4 is 20.8 Å². The number of nitrogens with zero attached hydrogens (tertiary/aromatic N) is 2. The molecule has 42 heavy (non-hydrogen) atoms. The van der Waals surface area contributed by atoms with Crippen LogP contribution in [0.1, 0.15) is 21.5 Å². The van der Waals surface area contributed by atoms with Crippen LogP contribution in [-0.4, -0.2) is 29.6 Å². The van der Waals surface area contributed by atoms with E-state index in [9.17, 15) is 9.59 Å². The van der Waals surface area contributed by atoms with Gasteiger partial charge in [-0.2, -0.15) is 5.10 Å². The molecule has 0 saturated heterocycles. The van der Waals surface area contributed by atoms with Crippen molar-refractivity contribution < 1.29 is 14.3 Å². The Hall–Kier alpha value is -4.99. The Labute approximate surface area is 252 Å². The number of amides is 2. The number of ether oxygens (including phenoxy) is 1. The van der Waals surface area contributed by atoms with Crippen LogP contribution in [0.5, 0.6) is 5.75 Å². The first kappa shape index (κ1) is 28.5. The summed E-state index contributed by atoms with van der Waals surface area (Å²) in [5, 5.41) is 13.4. The van der Waals surface area contributed by atoms with Crippen LogP contribution in [0.2, 0.25) is 5.02 Å². The number of hydrogen-bond donors (Lipinski definition) is 3. The molecule has 10 heteroatoms. The molecule has 1 aromatic heterocycles. The van der Waals surface area contributed by atoms with Gasteiger partial charge >= 0.3 is 0 Å². The Morgan fingerprint density at radius 2 is 1.76 bits per heavy atom. The lowest BCUT2D eigenvalue weighted by molar-refractivity contribution is -0.118. The summed E-state index contributed by atoms with van der Waals surface area (Å²) in [7, 11) is 0. The number of anilines is 3. The summed E-state index contributed by atoms with van der Waals surface area (Å²) in [6.45, 7) is 1.71. The maximum atomic E-state index is 12.6. The van der Waals surface area contributed by atoms with Crippen molar-refractivity contribution in [3.63, 3.8) is 0 Å². The molecule has 0 aliphatic rings. The number of carbonyl (C=O) groups is 2. The van der Waals surface area contributed by atoms with Gasteiger partial charge in [-0.25, -0.2) is 10.4 Å². The smallest absolute Gasteiger partial charge is 0.271 e. The summed E-state index contributed by atoms with van der Waals surface area (Å²) in [5.41, 5.74) is 7.91. The standard InChI is InChI=1S/C32H26ClN5O3S/c1-21-10-15-26(17-28(21)33)35-30(39)19-41-27-9-5-6-22(16-27)18-34-38-31(40)24-13-11-23(12-14-24)29-20-42-32(37-29)36-25-7-3-2-4-8-25/h2-18,20H,19H2,1H3,(H,35,39)(H,36,37)(H,38,40)/b34-18+. The van der Waals surface area contributed by atoms with Gasteiger partial charge in [0.1, 0.15) is 5.75 Å². The number of nitrogens with one attached hydrogen (secondary N) is 3. The molecule has 0 fully saturated rings. The van der Waals surface area contributed by atoms with Crippen LogP contribution in [0.15, 0.2) is 108 Å². The second-order valence-corrected chi connectivity index (χ2v) is 10.4. The molecule has 0 aliphatic heterocycles. The van der Waals surface area contributed by atoms with E-state index in [1.54, 1.807) is 48.5 Å². The fourth-order valence-electron chi connectivity index (χ4n) is 3.83. The minimum absolute atomic E-state index is 0.176. The Balaban J connectivity index is 1.11. The quantitative estimate of drug-likeness (QED) is 0.116. The number of rotatable bonds is 10. The second-order valence-electron chi connectivity index (χ2n) is 9.18. The molecule has 0 saturated carbocycles. The van der Waals surface area contributed by atoms with Crippen LogP contribution in [0.4, 0.5) is 16.5 Å². The molecule has 0 unspecified atom stereocenters. The lowest BCUT2D eigenvalue weighted by atomic mass is 10.1. The fraction of sp³-hybridized carbons (Fsp3) is 0.0625. The van der Waals surface area contributed by atoms with Gasteiger partial charge in [0, 0.05) is 32.9 Å². The van der Waals surface area contributed by atoms with Crippen LogP contribution in [-0.2, 0) is 4.79 Å². The minimum Gasteiger partial charge on any atom is -0.484 e. The first-order valence-electron chi connectivity index (χ1n) is 12.9. The van der Waals surface area contributed by atoms with Crippen molar-refractivity contribution in [3.8, 4) is 17.0 Å². The molecule has 210 valence electrons. The van der Waals surface area contributed by atoms with E-state index in [2.05, 4.69) is 26.1 Å². The van der Waals surface area contributed by atoms with Gasteiger partial charge in [0.2, 0.25) is 0 Å². The van der Waals surface area contributed by atoms with Crippen LogP contribution in [0.25, 0.3) is 11.3 Å². The normalized spacial score (nSPS) is 10.8. The summed E-state index contributed by atoms with van der Waals surface area (Å²) in [5.74, 6) is -0.170. The third-order valence-corrected chi connectivity index (χ3v) is 7.20. The highest BCUT2D eigenvalue weighted by Crippen LogP contribution is 2.27. The van der Waals surface area contributed by atoms with Crippen molar-refractivity contribution in [2.24, 2.45) is 5.10 Å². The van der Waals surface area contributed by atoms with Crippen LogP contribution in [0, 0.1) is 6.92 Å². The van der Waals surface area contributed by atoms with Crippen molar-refractivity contribution in [1.82, 2.24) is 10.4 Å². The maximum absolute atomic E-state index is 12.6. The van der Waals surface area contributed by atoms with Gasteiger partial charge in [-0.05, 0) is 66.6 Å². The molecular weight excluding hydrogens is 570 g/mol. The Morgan fingerprint density at radius 1 is 0.952 bits per heavy atom. The van der Waals surface area contributed by atoms with Gasteiger partial charge in [0.05, 0.1) is 11.9 Å². The van der Waals surface area contributed by atoms with E-state index in [1.807, 2.05) is 60.8 Å². The number of hydrogen-bond acceptors (Lipinski definition) is 7. The topological polar surface area (TPSA) is 105 Å². The van der Waals surface area contributed by atoms with Crippen LogP contribution >= 0.6 is 22.9 Å². The van der Waals surface area contributed by atoms with Gasteiger partial charge < -0.3 is 15.4 Å². The average molecular weight is 596 g/mol. The highest BCUT2D eigenvalue weighted by Gasteiger charge is 2.09. The van der Waals surface area contributed by atoms with Crippen molar-refractivity contribution in [2.75, 3.05) is 17.2 Å². The second kappa shape index (κ2) is 13.6. The van der Waals surface area contributed by atoms with Crippen molar-refractivity contribution in [2.45, 2.75) is 6.92 Å². The molecule has 2 amide bonds. The minimum atomic E-state index is -0.345. The molecule has 3 N–H and O–H groups in total. The number of para-hydroxylation sites is 1. The Kier molecular flexibility index (Phi) is 9.23. The fourth-order valence-corrected chi connectivity index (χ4v) is 4.75. The van der Waals surface area contributed by atoms with E-state index >= 15 is 0 Å². The van der Waals surface area contributed by atoms with Crippen LogP contribution in [0.3, 0.4) is 0 Å². The van der Waals surface area contributed by atoms with Crippen molar-refractivity contribution in [1.29, 1.82) is 0 Å². The molecule has 5 aromatic rings. The summed E-state index contributed by atoms with van der Waals surface area (Å²) in [6, 6.07) is 29.3. The molecule has 0 bridgehead atoms. The summed E-state index contributed by atoms with van der Waals surface area (Å²) in [4.78, 5) is 29.5. The SMILES string of the molecule is Cc1ccc(NC(=O)COc2cccc(/C=N/NC(=O)c3ccc(-c4csc(Nc5ccccc5)n4)cc3)c2)cc1Cl. The molecule has 4 aromatic carbocycles. The third kappa shape index (κ3) is 7.81. The molecule has 0 atom stereocenters. The molecule has 0 aliphatic carbocycles. The summed E-state index contributed by atoms with van der Waals surface area (Å²) >= 11 is 7.62. The van der Waals surface area contributed by atoms with E-state index in [1.165, 1.54) is 17.6 Å². The van der Waals surface area contributed by atoms with Gasteiger partial charge in [0.15, 0.2) is 11.7 Å². The highest BCUT2D eigenvalue weighted by molar-refractivity contribution is 7.14. The number of hydrazone groups is 1. The predicted octanol–water partition coefficient (Wildman–Crippen LogP) is 7.30. The maximum Gasteiger partial charge on any atom is 0.271 e. The number of halogens is 1. The first-order valence-corrected chi connectivity index (χ1v) is 14.2. The summed E-state index contributed by atoms with van der Waals surface area (Å²) < 4.78 is 5.61. The number of thiazole rings is 1. The van der Waals surface area contributed by atoms with Gasteiger partial charge in [-0.1, -0.05) is 60.1 Å². The van der Waals surface area contributed by atoms with Gasteiger partial charge in [0.25, 0.3) is 11.8 Å². The zero-order valence-electron chi connectivity index (χ0n) is 22.5. The number of aryl methyl sites for hydroxylation is 1. The van der Waals surface area contributed by atoms with E-state index in [4.69, 9.17) is 16.3 Å². The zero-order valence-corrected chi connectivity index (χ0v) is 24.1. The third-order valence-electron chi connectivity index (χ3n) is 6.04. The molecule has 1 heterocycles. The monoisotopic (exact) mass is 595 g/mol. The Morgan fingerprint density at radius 3 is 2.55 bits per heavy atom. The average Bonchev–Trinajstić information content (AvgIpc) is 3.47. The number of aromatic nitrogens is 1. The van der Waals surface area contributed by atoms with E-state index in [0.29, 0.717) is 27.6 Å². The first-order chi connectivity index (χ1) is 20.4. The molecule has 5 rings (SSSR count). The largest absolute Gasteiger partial charge is 0.484 e. The lowest BCUT2D eigenvalue weighted by Gasteiger charge is -2.09. The van der Waals surface area contributed by atoms with E-state index < -0.39 is 0 Å². The molecule has 0 radical (unpaired) electrons. The van der Waals surface area contributed by atoms with Gasteiger partial charge in [-0.15, -0.1) is 11.3 Å². The lowest BCUT2D eigenvalue weighted by Crippen LogP contribution is -2.20. The van der Waals surface area contributed by atoms with E-state index in [-0.39, 0.29) is 18.4 Å². The predicted molar refractivity (Wildman–Crippen MR) is 169 cm³/mol. The highest BCUT2D eigenvalue weighted by atomic mass is 35.5. The molecule has 8 nitrogen and oxygen atoms in total. The van der Waals surface area contributed by atoms with Crippen molar-refractivity contribution >= 4 is 57.5 Å². The number of carbonyl (C=O) groups excluding carboxylic acids is 2. The van der Waals surface area contributed by atoms with Gasteiger partial charge in [-0.3, -0.25) is 9.59 Å². The molecular formula is C32H26ClN5O3S.